The van der Waals surface area contributed by atoms with Crippen LogP contribution < -0.4 is 15.2 Å². The van der Waals surface area contributed by atoms with Crippen molar-refractivity contribution in [3.63, 3.8) is 0 Å². The monoisotopic (exact) mass is 419 g/mol. The van der Waals surface area contributed by atoms with Crippen molar-refractivity contribution in [1.29, 1.82) is 0 Å². The van der Waals surface area contributed by atoms with Crippen molar-refractivity contribution in [3.8, 4) is 11.5 Å². The van der Waals surface area contributed by atoms with Crippen molar-refractivity contribution < 1.29 is 14.6 Å². The van der Waals surface area contributed by atoms with Crippen LogP contribution in [0.25, 0.3) is 0 Å². The second-order valence-corrected chi connectivity index (χ2v) is 9.81. The van der Waals surface area contributed by atoms with Crippen LogP contribution in [0.15, 0.2) is 18.2 Å². The standard InChI is InChI=1S/C26H45NO3/c1-21(2)10-8-6-4-5-7-9-17-30-24-14-13-22(18-25(24)29-3)15-16-26(27,20-28)19-23-11-12-23/h13-14,18,21,23,28H,4-12,15-17,19-20,27H2,1-3H3. The molecule has 2 rings (SSSR count). The summed E-state index contributed by atoms with van der Waals surface area (Å²) in [4.78, 5) is 0. The van der Waals surface area contributed by atoms with Crippen molar-refractivity contribution >= 4 is 0 Å². The summed E-state index contributed by atoms with van der Waals surface area (Å²) in [6, 6.07) is 6.17. The van der Waals surface area contributed by atoms with Crippen molar-refractivity contribution in [2.75, 3.05) is 20.3 Å². The van der Waals surface area contributed by atoms with E-state index in [1.807, 2.05) is 6.07 Å². The normalized spacial score (nSPS) is 15.9. The Morgan fingerprint density at radius 1 is 1.07 bits per heavy atom. The SMILES string of the molecule is COc1cc(CCC(N)(CO)CC2CC2)ccc1OCCCCCCCCC(C)C. The van der Waals surface area contributed by atoms with E-state index >= 15 is 0 Å². The third-order valence-electron chi connectivity index (χ3n) is 6.28. The summed E-state index contributed by atoms with van der Waals surface area (Å²) in [6.07, 6.45) is 14.1. The molecule has 0 amide bonds. The molecule has 1 saturated carbocycles. The fraction of sp³-hybridized carbons (Fsp3) is 0.769. The van der Waals surface area contributed by atoms with Crippen LogP contribution in [-0.2, 0) is 6.42 Å². The minimum absolute atomic E-state index is 0.0551. The zero-order valence-corrected chi connectivity index (χ0v) is 19.6. The van der Waals surface area contributed by atoms with E-state index in [2.05, 4.69) is 26.0 Å². The molecule has 172 valence electrons. The van der Waals surface area contributed by atoms with Crippen LogP contribution in [0.5, 0.6) is 11.5 Å². The Balaban J connectivity index is 1.68. The first-order valence-corrected chi connectivity index (χ1v) is 12.2. The van der Waals surface area contributed by atoms with Gasteiger partial charge in [-0.2, -0.15) is 0 Å². The summed E-state index contributed by atoms with van der Waals surface area (Å²) in [5, 5.41) is 9.74. The first-order chi connectivity index (χ1) is 14.5. The predicted octanol–water partition coefficient (Wildman–Crippen LogP) is 5.88. The highest BCUT2D eigenvalue weighted by molar-refractivity contribution is 5.43. The molecule has 0 spiro atoms. The Kier molecular flexibility index (Phi) is 11.0. The fourth-order valence-corrected chi connectivity index (χ4v) is 4.07. The number of methoxy groups -OCH3 is 1. The second kappa shape index (κ2) is 13.2. The van der Waals surface area contributed by atoms with Crippen LogP contribution in [0.2, 0.25) is 0 Å². The Hall–Kier alpha value is -1.26. The number of aryl methyl sites for hydroxylation is 1. The third-order valence-corrected chi connectivity index (χ3v) is 6.28. The van der Waals surface area contributed by atoms with Crippen LogP contribution >= 0.6 is 0 Å². The van der Waals surface area contributed by atoms with E-state index in [4.69, 9.17) is 15.2 Å². The maximum Gasteiger partial charge on any atom is 0.161 e. The van der Waals surface area contributed by atoms with E-state index in [-0.39, 0.29) is 6.61 Å². The van der Waals surface area contributed by atoms with Crippen LogP contribution in [-0.4, -0.2) is 31.0 Å². The van der Waals surface area contributed by atoms with Gasteiger partial charge in [-0.3, -0.25) is 0 Å². The highest BCUT2D eigenvalue weighted by Crippen LogP contribution is 2.37. The molecule has 1 aliphatic carbocycles. The predicted molar refractivity (Wildman–Crippen MR) is 125 cm³/mol. The van der Waals surface area contributed by atoms with Gasteiger partial charge in [0.05, 0.1) is 20.3 Å². The maximum absolute atomic E-state index is 9.74. The quantitative estimate of drug-likeness (QED) is 0.309. The summed E-state index contributed by atoms with van der Waals surface area (Å²) in [5.74, 6) is 3.15. The van der Waals surface area contributed by atoms with Gasteiger partial charge in [-0.1, -0.05) is 71.3 Å². The Bertz CT molecular complexity index is 600. The molecule has 0 bridgehead atoms. The molecule has 4 nitrogen and oxygen atoms in total. The highest BCUT2D eigenvalue weighted by Gasteiger charge is 2.33. The van der Waals surface area contributed by atoms with Gasteiger partial charge in [0, 0.05) is 5.54 Å². The molecule has 0 saturated heterocycles. The van der Waals surface area contributed by atoms with Crippen LogP contribution in [0.3, 0.4) is 0 Å². The molecule has 1 unspecified atom stereocenters. The van der Waals surface area contributed by atoms with E-state index in [1.54, 1.807) is 7.11 Å². The molecular weight excluding hydrogens is 374 g/mol. The molecule has 1 atom stereocenters. The summed E-state index contributed by atoms with van der Waals surface area (Å²) < 4.78 is 11.5. The molecule has 0 heterocycles. The molecular formula is C26H45NO3. The number of ether oxygens (including phenoxy) is 2. The smallest absolute Gasteiger partial charge is 0.161 e. The maximum atomic E-state index is 9.74. The summed E-state index contributed by atoms with van der Waals surface area (Å²) in [6.45, 7) is 5.39. The molecule has 0 aromatic heterocycles. The van der Waals surface area contributed by atoms with Gasteiger partial charge in [-0.05, 0) is 55.2 Å². The first kappa shape index (κ1) is 25.0. The molecule has 0 radical (unpaired) electrons. The van der Waals surface area contributed by atoms with Crippen LogP contribution in [0.4, 0.5) is 0 Å². The lowest BCUT2D eigenvalue weighted by atomic mass is 9.88. The molecule has 30 heavy (non-hydrogen) atoms. The number of aliphatic hydroxyl groups excluding tert-OH is 1. The Morgan fingerprint density at radius 3 is 2.40 bits per heavy atom. The molecule has 1 aliphatic rings. The average molecular weight is 420 g/mol. The lowest BCUT2D eigenvalue weighted by molar-refractivity contribution is 0.172. The number of hydrogen-bond donors (Lipinski definition) is 2. The van der Waals surface area contributed by atoms with Gasteiger partial charge in [-0.15, -0.1) is 0 Å². The molecule has 4 heteroatoms. The van der Waals surface area contributed by atoms with E-state index in [0.29, 0.717) is 5.92 Å². The van der Waals surface area contributed by atoms with Crippen molar-refractivity contribution in [2.24, 2.45) is 17.6 Å². The van der Waals surface area contributed by atoms with Gasteiger partial charge < -0.3 is 20.3 Å². The van der Waals surface area contributed by atoms with Gasteiger partial charge >= 0.3 is 0 Å². The van der Waals surface area contributed by atoms with Gasteiger partial charge in [0.1, 0.15) is 0 Å². The highest BCUT2D eigenvalue weighted by atomic mass is 16.5. The van der Waals surface area contributed by atoms with Gasteiger partial charge in [0.15, 0.2) is 11.5 Å². The number of rotatable bonds is 17. The van der Waals surface area contributed by atoms with Gasteiger partial charge in [0.2, 0.25) is 0 Å². The van der Waals surface area contributed by atoms with Gasteiger partial charge in [-0.25, -0.2) is 0 Å². The fourth-order valence-electron chi connectivity index (χ4n) is 4.07. The molecule has 3 N–H and O–H groups in total. The Labute approximate surface area is 184 Å². The van der Waals surface area contributed by atoms with Crippen molar-refractivity contribution in [1.82, 2.24) is 0 Å². The number of nitrogens with two attached hydrogens (primary N) is 1. The molecule has 1 fully saturated rings. The largest absolute Gasteiger partial charge is 0.493 e. The lowest BCUT2D eigenvalue weighted by Crippen LogP contribution is -2.44. The van der Waals surface area contributed by atoms with E-state index in [1.165, 1.54) is 56.9 Å². The number of benzene rings is 1. The topological polar surface area (TPSA) is 64.7 Å². The number of hydrogen-bond acceptors (Lipinski definition) is 4. The third kappa shape index (κ3) is 9.70. The minimum atomic E-state index is -0.460. The minimum Gasteiger partial charge on any atom is -0.493 e. The van der Waals surface area contributed by atoms with Crippen molar-refractivity contribution in [3.05, 3.63) is 23.8 Å². The lowest BCUT2D eigenvalue weighted by Gasteiger charge is -2.27. The summed E-state index contributed by atoms with van der Waals surface area (Å²) >= 11 is 0. The van der Waals surface area contributed by atoms with E-state index in [9.17, 15) is 5.11 Å². The zero-order valence-electron chi connectivity index (χ0n) is 19.6. The summed E-state index contributed by atoms with van der Waals surface area (Å²) in [5.41, 5.74) is 7.15. The number of unbranched alkanes of at least 4 members (excludes halogenated alkanes) is 5. The summed E-state index contributed by atoms with van der Waals surface area (Å²) in [7, 11) is 1.69. The van der Waals surface area contributed by atoms with Crippen LogP contribution in [0.1, 0.15) is 90.0 Å². The Morgan fingerprint density at radius 2 is 1.77 bits per heavy atom. The van der Waals surface area contributed by atoms with E-state index < -0.39 is 5.54 Å². The van der Waals surface area contributed by atoms with E-state index in [0.717, 1.165) is 49.7 Å². The second-order valence-electron chi connectivity index (χ2n) is 9.81. The molecule has 0 aliphatic heterocycles. The molecule has 1 aromatic carbocycles. The van der Waals surface area contributed by atoms with Crippen molar-refractivity contribution in [2.45, 2.75) is 96.4 Å². The van der Waals surface area contributed by atoms with Gasteiger partial charge in [0.25, 0.3) is 0 Å². The first-order valence-electron chi connectivity index (χ1n) is 12.2. The molecule has 1 aromatic rings. The zero-order chi connectivity index (χ0) is 21.8. The van der Waals surface area contributed by atoms with Crippen LogP contribution in [0, 0.1) is 11.8 Å². The average Bonchev–Trinajstić information content (AvgIpc) is 3.55. The number of aliphatic hydroxyl groups is 1.